The van der Waals surface area contributed by atoms with E-state index >= 15 is 0 Å². The molecule has 0 N–H and O–H groups in total. The van der Waals surface area contributed by atoms with Crippen molar-refractivity contribution < 1.29 is 13.2 Å². The molecule has 0 aliphatic rings. The van der Waals surface area contributed by atoms with E-state index in [0.29, 0.717) is 12.0 Å². The molecule has 0 aliphatic heterocycles. The maximum Gasteiger partial charge on any atom is 0.419 e. The first-order valence-electron chi connectivity index (χ1n) is 3.66. The minimum absolute atomic E-state index is 0.496. The van der Waals surface area contributed by atoms with Gasteiger partial charge < -0.3 is 0 Å². The van der Waals surface area contributed by atoms with Crippen LogP contribution in [0.3, 0.4) is 0 Å². The van der Waals surface area contributed by atoms with E-state index < -0.39 is 16.9 Å². The Morgan fingerprint density at radius 2 is 2.08 bits per heavy atom. The van der Waals surface area contributed by atoms with E-state index in [-0.39, 0.29) is 0 Å². The van der Waals surface area contributed by atoms with Crippen LogP contribution in [0.4, 0.5) is 13.2 Å². The molecule has 0 spiro atoms. The predicted molar refractivity (Wildman–Crippen MR) is 43.6 cm³/mol. The number of pyridine rings is 1. The molecule has 1 rings (SSSR count). The molecule has 0 fully saturated rings. The van der Waals surface area contributed by atoms with Crippen molar-refractivity contribution in [3.8, 4) is 0 Å². The first-order valence-corrected chi connectivity index (χ1v) is 4.04. The molecule has 0 unspecified atom stereocenters. The maximum absolute atomic E-state index is 12.2. The third-order valence-electron chi connectivity index (χ3n) is 1.61. The van der Waals surface area contributed by atoms with Gasteiger partial charge in [-0.05, 0) is 18.1 Å². The molecule has 1 aromatic heterocycles. The summed E-state index contributed by atoms with van der Waals surface area (Å²) in [5.41, 5.74) is -0.342. The predicted octanol–water partition coefficient (Wildman–Crippen LogP) is 3.32. The zero-order chi connectivity index (χ0) is 10.1. The highest BCUT2D eigenvalue weighted by atomic mass is 35.5. The Morgan fingerprint density at radius 3 is 2.54 bits per heavy atom. The molecular formula is C8H7ClF3N. The minimum atomic E-state index is -4.42. The van der Waals surface area contributed by atoms with Gasteiger partial charge >= 0.3 is 6.18 Å². The van der Waals surface area contributed by atoms with Crippen LogP contribution in [0.1, 0.15) is 18.1 Å². The van der Waals surface area contributed by atoms with Crippen LogP contribution in [0.15, 0.2) is 12.3 Å². The van der Waals surface area contributed by atoms with Crippen molar-refractivity contribution in [3.05, 3.63) is 28.5 Å². The minimum Gasteiger partial charge on any atom is -0.244 e. The van der Waals surface area contributed by atoms with Crippen molar-refractivity contribution in [2.45, 2.75) is 19.5 Å². The molecule has 5 heteroatoms. The highest BCUT2D eigenvalue weighted by Crippen LogP contribution is 2.33. The Morgan fingerprint density at radius 1 is 1.46 bits per heavy atom. The van der Waals surface area contributed by atoms with Gasteiger partial charge in [-0.25, -0.2) is 4.98 Å². The first-order chi connectivity index (χ1) is 5.95. The summed E-state index contributed by atoms with van der Waals surface area (Å²) in [6, 6.07) is 1.02. The summed E-state index contributed by atoms with van der Waals surface area (Å²) < 4.78 is 36.7. The number of hydrogen-bond acceptors (Lipinski definition) is 1. The summed E-state index contributed by atoms with van der Waals surface area (Å²) in [6.45, 7) is 1.76. The fourth-order valence-electron chi connectivity index (χ4n) is 0.883. The van der Waals surface area contributed by atoms with Crippen LogP contribution in [0, 0.1) is 0 Å². The molecule has 0 saturated carbocycles. The van der Waals surface area contributed by atoms with Gasteiger partial charge in [-0.2, -0.15) is 13.2 Å². The average Bonchev–Trinajstić information content (AvgIpc) is 2.03. The molecule has 0 aromatic carbocycles. The Kier molecular flexibility index (Phi) is 2.81. The standard InChI is InChI=1S/C8H7ClF3N/c1-2-5-3-6(8(10,11)12)7(9)13-4-5/h3-4H,2H2,1H3. The van der Waals surface area contributed by atoms with Gasteiger partial charge in [0, 0.05) is 6.20 Å². The topological polar surface area (TPSA) is 12.9 Å². The fraction of sp³-hybridized carbons (Fsp3) is 0.375. The van der Waals surface area contributed by atoms with E-state index in [1.54, 1.807) is 6.92 Å². The number of aromatic nitrogens is 1. The normalized spacial score (nSPS) is 11.8. The summed E-state index contributed by atoms with van der Waals surface area (Å²) in [5, 5.41) is -0.496. The number of nitrogens with zero attached hydrogens (tertiary/aromatic N) is 1. The third-order valence-corrected chi connectivity index (χ3v) is 1.91. The van der Waals surface area contributed by atoms with Gasteiger partial charge in [-0.15, -0.1) is 0 Å². The second-order valence-electron chi connectivity index (χ2n) is 2.53. The zero-order valence-corrected chi connectivity index (χ0v) is 7.58. The molecule has 1 heterocycles. The molecule has 72 valence electrons. The summed E-state index contributed by atoms with van der Waals surface area (Å²) >= 11 is 5.31. The lowest BCUT2D eigenvalue weighted by molar-refractivity contribution is -0.137. The molecular weight excluding hydrogens is 203 g/mol. The lowest BCUT2D eigenvalue weighted by Crippen LogP contribution is -2.07. The van der Waals surface area contributed by atoms with Crippen molar-refractivity contribution in [3.63, 3.8) is 0 Å². The number of aryl methyl sites for hydroxylation is 1. The van der Waals surface area contributed by atoms with Crippen LogP contribution in [-0.4, -0.2) is 4.98 Å². The van der Waals surface area contributed by atoms with Crippen LogP contribution in [0.25, 0.3) is 0 Å². The largest absolute Gasteiger partial charge is 0.419 e. The Hall–Kier alpha value is -0.770. The van der Waals surface area contributed by atoms with E-state index in [1.165, 1.54) is 6.20 Å². The van der Waals surface area contributed by atoms with Gasteiger partial charge in [-0.1, -0.05) is 18.5 Å². The zero-order valence-electron chi connectivity index (χ0n) is 6.82. The summed E-state index contributed by atoms with van der Waals surface area (Å²) in [4.78, 5) is 3.46. The fourth-order valence-corrected chi connectivity index (χ4v) is 1.09. The van der Waals surface area contributed by atoms with Crippen LogP contribution in [-0.2, 0) is 12.6 Å². The lowest BCUT2D eigenvalue weighted by Gasteiger charge is -2.08. The Balaban J connectivity index is 3.19. The maximum atomic E-state index is 12.2. The monoisotopic (exact) mass is 209 g/mol. The van der Waals surface area contributed by atoms with Crippen LogP contribution < -0.4 is 0 Å². The van der Waals surface area contributed by atoms with Crippen molar-refractivity contribution >= 4 is 11.6 Å². The Bertz CT molecular complexity index is 309. The molecule has 0 radical (unpaired) electrons. The van der Waals surface area contributed by atoms with Crippen LogP contribution in [0.2, 0.25) is 5.15 Å². The van der Waals surface area contributed by atoms with Crippen molar-refractivity contribution in [1.82, 2.24) is 4.98 Å². The average molecular weight is 210 g/mol. The van der Waals surface area contributed by atoms with Gasteiger partial charge in [0.1, 0.15) is 5.15 Å². The summed E-state index contributed by atoms with van der Waals surface area (Å²) in [5.74, 6) is 0. The highest BCUT2D eigenvalue weighted by molar-refractivity contribution is 6.30. The smallest absolute Gasteiger partial charge is 0.244 e. The number of rotatable bonds is 1. The number of halogens is 4. The second-order valence-corrected chi connectivity index (χ2v) is 2.89. The van der Waals surface area contributed by atoms with Gasteiger partial charge in [0.05, 0.1) is 5.56 Å². The quantitative estimate of drug-likeness (QED) is 0.647. The van der Waals surface area contributed by atoms with Crippen molar-refractivity contribution in [2.24, 2.45) is 0 Å². The van der Waals surface area contributed by atoms with Crippen LogP contribution >= 0.6 is 11.6 Å². The van der Waals surface area contributed by atoms with E-state index in [2.05, 4.69) is 4.98 Å². The van der Waals surface area contributed by atoms with E-state index in [1.807, 2.05) is 0 Å². The second kappa shape index (κ2) is 3.54. The SMILES string of the molecule is CCc1cnc(Cl)c(C(F)(F)F)c1. The number of alkyl halides is 3. The molecule has 0 saturated heterocycles. The molecule has 1 nitrogen and oxygen atoms in total. The molecule has 13 heavy (non-hydrogen) atoms. The Labute approximate surface area is 78.5 Å². The lowest BCUT2D eigenvalue weighted by atomic mass is 10.1. The van der Waals surface area contributed by atoms with E-state index in [0.717, 1.165) is 6.07 Å². The third kappa shape index (κ3) is 2.34. The summed E-state index contributed by atoms with van der Waals surface area (Å²) in [7, 11) is 0. The van der Waals surface area contributed by atoms with Gasteiger partial charge in [-0.3, -0.25) is 0 Å². The van der Waals surface area contributed by atoms with Gasteiger partial charge in [0.25, 0.3) is 0 Å². The first kappa shape index (κ1) is 10.3. The van der Waals surface area contributed by atoms with Crippen molar-refractivity contribution in [2.75, 3.05) is 0 Å². The highest BCUT2D eigenvalue weighted by Gasteiger charge is 2.33. The number of hydrogen-bond donors (Lipinski definition) is 0. The van der Waals surface area contributed by atoms with E-state index in [9.17, 15) is 13.2 Å². The molecule has 0 bridgehead atoms. The molecule has 0 atom stereocenters. The molecule has 1 aromatic rings. The molecule has 0 aliphatic carbocycles. The van der Waals surface area contributed by atoms with Crippen molar-refractivity contribution in [1.29, 1.82) is 0 Å². The van der Waals surface area contributed by atoms with Crippen LogP contribution in [0.5, 0.6) is 0 Å². The van der Waals surface area contributed by atoms with E-state index in [4.69, 9.17) is 11.6 Å². The van der Waals surface area contributed by atoms with Gasteiger partial charge in [0.15, 0.2) is 0 Å². The van der Waals surface area contributed by atoms with Gasteiger partial charge in [0.2, 0.25) is 0 Å². The summed E-state index contributed by atoms with van der Waals surface area (Å²) in [6.07, 6.45) is -2.57. The molecule has 0 amide bonds.